The van der Waals surface area contributed by atoms with E-state index in [1.165, 1.54) is 20.8 Å². The maximum Gasteiger partial charge on any atom is 0.338 e. The fraction of sp³-hybridized carbons (Fsp3) is 0.636. The zero-order valence-electron chi connectivity index (χ0n) is 26.6. The summed E-state index contributed by atoms with van der Waals surface area (Å²) in [5.41, 5.74) is -5.57. The number of ether oxygens (including phenoxy) is 5. The molecule has 246 valence electrons. The number of fused-ring (bicyclic) bond motifs is 2. The highest BCUT2D eigenvalue weighted by atomic mass is 16.6. The third-order valence-electron chi connectivity index (χ3n) is 10.6. The molecule has 0 unspecified atom stereocenters. The van der Waals surface area contributed by atoms with Gasteiger partial charge in [-0.15, -0.1) is 0 Å². The molecule has 5 rings (SSSR count). The second-order valence-electron chi connectivity index (χ2n) is 13.5. The van der Waals surface area contributed by atoms with Gasteiger partial charge >= 0.3 is 23.9 Å². The first-order valence-electron chi connectivity index (χ1n) is 15.1. The third kappa shape index (κ3) is 4.88. The van der Waals surface area contributed by atoms with Gasteiger partial charge in [0.05, 0.1) is 41.3 Å². The zero-order chi connectivity index (χ0) is 33.3. The maximum atomic E-state index is 13.6. The van der Waals surface area contributed by atoms with Gasteiger partial charge in [0.15, 0.2) is 12.2 Å². The number of carbonyl (C=O) groups excluding carboxylic acids is 4. The second-order valence-corrected chi connectivity index (χ2v) is 13.5. The van der Waals surface area contributed by atoms with E-state index in [1.807, 2.05) is 0 Å². The van der Waals surface area contributed by atoms with Crippen molar-refractivity contribution in [2.24, 2.45) is 16.7 Å². The Morgan fingerprint density at radius 2 is 1.56 bits per heavy atom. The van der Waals surface area contributed by atoms with Gasteiger partial charge in [-0.1, -0.05) is 25.1 Å². The first kappa shape index (κ1) is 33.1. The van der Waals surface area contributed by atoms with Crippen LogP contribution >= 0.6 is 0 Å². The first-order chi connectivity index (χ1) is 20.9. The van der Waals surface area contributed by atoms with Crippen molar-refractivity contribution >= 4 is 23.9 Å². The van der Waals surface area contributed by atoms with E-state index in [-0.39, 0.29) is 25.0 Å². The fourth-order valence-corrected chi connectivity index (χ4v) is 8.72. The molecule has 45 heavy (non-hydrogen) atoms. The predicted molar refractivity (Wildman–Crippen MR) is 155 cm³/mol. The molecule has 1 aromatic rings. The Morgan fingerprint density at radius 3 is 2.13 bits per heavy atom. The SMILES string of the molecule is CC(=O)O[C@@H]1C2=C(C)[C@@H](O)C[C@@]2(C(C)(C)OC(=O)c2ccccc2)[C@H]2OC[C@@]3(O)[C@@H]2[C@@](C)([C@@H](OC(C)=O)C[C@@H]3O)[C@H]1OC(C)=O. The molecule has 1 aromatic carbocycles. The van der Waals surface area contributed by atoms with Crippen molar-refractivity contribution in [3.8, 4) is 0 Å². The largest absolute Gasteiger partial charge is 0.462 e. The number of rotatable bonds is 6. The molecule has 0 bridgehead atoms. The van der Waals surface area contributed by atoms with Gasteiger partial charge in [-0.05, 0) is 50.5 Å². The normalized spacial score (nSPS) is 38.8. The van der Waals surface area contributed by atoms with Crippen LogP contribution in [0.3, 0.4) is 0 Å². The van der Waals surface area contributed by atoms with Gasteiger partial charge in [0.25, 0.3) is 0 Å². The van der Waals surface area contributed by atoms with Crippen LogP contribution in [0.1, 0.15) is 71.7 Å². The minimum atomic E-state index is -1.96. The van der Waals surface area contributed by atoms with Crippen LogP contribution in [0.15, 0.2) is 41.5 Å². The van der Waals surface area contributed by atoms with Gasteiger partial charge in [0.2, 0.25) is 0 Å². The smallest absolute Gasteiger partial charge is 0.338 e. The molecule has 0 amide bonds. The summed E-state index contributed by atoms with van der Waals surface area (Å²) in [6.07, 6.45) is -7.95. The van der Waals surface area contributed by atoms with Crippen molar-refractivity contribution in [1.82, 2.24) is 0 Å². The molecule has 1 saturated heterocycles. The number of hydrogen-bond acceptors (Lipinski definition) is 12. The van der Waals surface area contributed by atoms with Crippen LogP contribution in [0, 0.1) is 16.7 Å². The standard InChI is InChI=1S/C33H42O12/c1-16-21(37)14-32(30(5,6)45-29(39)20-11-9-8-10-12-20)24(16)25(43-18(3)35)27(44-19(4)36)31(7)23(42-17(2)34)13-22(38)33(40)15-41-28(32)26(31)33/h8-12,21-23,25-28,37-38,40H,13-15H2,1-7H3/t21-,22-,23-,25+,26-,27-,28-,31+,32-,33-/m0/s1. The maximum absolute atomic E-state index is 13.6. The van der Waals surface area contributed by atoms with Gasteiger partial charge in [0, 0.05) is 33.1 Å². The van der Waals surface area contributed by atoms with E-state index >= 15 is 0 Å². The minimum Gasteiger partial charge on any atom is -0.462 e. The van der Waals surface area contributed by atoms with Crippen LogP contribution in [0.5, 0.6) is 0 Å². The molecule has 12 nitrogen and oxygen atoms in total. The summed E-state index contributed by atoms with van der Waals surface area (Å²) in [6, 6.07) is 8.32. The summed E-state index contributed by atoms with van der Waals surface area (Å²) in [6.45, 7) is 9.80. The topological polar surface area (TPSA) is 175 Å². The lowest BCUT2D eigenvalue weighted by Crippen LogP contribution is -2.70. The molecule has 3 aliphatic carbocycles. The fourth-order valence-electron chi connectivity index (χ4n) is 8.72. The molecule has 3 fully saturated rings. The van der Waals surface area contributed by atoms with E-state index in [1.54, 1.807) is 58.0 Å². The van der Waals surface area contributed by atoms with Crippen LogP contribution in [0.2, 0.25) is 0 Å². The van der Waals surface area contributed by atoms with Crippen molar-refractivity contribution in [3.63, 3.8) is 0 Å². The van der Waals surface area contributed by atoms with Gasteiger partial charge in [0.1, 0.15) is 17.3 Å². The van der Waals surface area contributed by atoms with Crippen molar-refractivity contribution in [1.29, 1.82) is 0 Å². The van der Waals surface area contributed by atoms with E-state index in [9.17, 15) is 34.5 Å². The van der Waals surface area contributed by atoms with Gasteiger partial charge in [-0.2, -0.15) is 0 Å². The summed E-state index contributed by atoms with van der Waals surface area (Å²) in [5.74, 6) is -3.98. The van der Waals surface area contributed by atoms with E-state index in [2.05, 4.69) is 0 Å². The van der Waals surface area contributed by atoms with Crippen LogP contribution in [-0.2, 0) is 38.1 Å². The Kier molecular flexibility index (Phi) is 8.21. The summed E-state index contributed by atoms with van der Waals surface area (Å²) >= 11 is 0. The highest BCUT2D eigenvalue weighted by Gasteiger charge is 2.79. The first-order valence-corrected chi connectivity index (χ1v) is 15.1. The molecule has 1 aliphatic heterocycles. The molecule has 0 aromatic heterocycles. The van der Waals surface area contributed by atoms with Gasteiger partial charge in [-0.3, -0.25) is 14.4 Å². The van der Waals surface area contributed by atoms with E-state index in [0.29, 0.717) is 11.1 Å². The highest BCUT2D eigenvalue weighted by Crippen LogP contribution is 2.69. The molecule has 4 aliphatic rings. The summed E-state index contributed by atoms with van der Waals surface area (Å²) < 4.78 is 30.5. The lowest BCUT2D eigenvalue weighted by Gasteiger charge is -2.56. The molecule has 3 N–H and O–H groups in total. The number of aliphatic hydroxyl groups excluding tert-OH is 2. The molecule has 10 atom stereocenters. The number of carbonyl (C=O) groups is 4. The number of benzene rings is 1. The predicted octanol–water partition coefficient (Wildman–Crippen LogP) is 2.02. The van der Waals surface area contributed by atoms with Crippen molar-refractivity contribution in [2.45, 2.75) is 109 Å². The molecule has 0 radical (unpaired) electrons. The van der Waals surface area contributed by atoms with Crippen LogP contribution < -0.4 is 0 Å². The zero-order valence-corrected chi connectivity index (χ0v) is 26.6. The van der Waals surface area contributed by atoms with E-state index in [0.717, 1.165) is 0 Å². The van der Waals surface area contributed by atoms with Crippen LogP contribution in [0.4, 0.5) is 0 Å². The quantitative estimate of drug-likeness (QED) is 0.237. The Labute approximate surface area is 261 Å². The second kappa shape index (κ2) is 11.2. The highest BCUT2D eigenvalue weighted by molar-refractivity contribution is 5.89. The monoisotopic (exact) mass is 630 g/mol. The van der Waals surface area contributed by atoms with Gasteiger partial charge < -0.3 is 39.0 Å². The number of esters is 4. The lowest BCUT2D eigenvalue weighted by atomic mass is 9.52. The minimum absolute atomic E-state index is 0.0879. The summed E-state index contributed by atoms with van der Waals surface area (Å²) in [4.78, 5) is 51.7. The molecule has 1 heterocycles. The molecule has 0 spiro atoms. The van der Waals surface area contributed by atoms with E-state index in [4.69, 9.17) is 23.7 Å². The average molecular weight is 631 g/mol. The summed E-state index contributed by atoms with van der Waals surface area (Å²) in [7, 11) is 0. The van der Waals surface area contributed by atoms with Crippen LogP contribution in [0.25, 0.3) is 0 Å². The lowest BCUT2D eigenvalue weighted by molar-refractivity contribution is -0.249. The number of hydrogen-bond donors (Lipinski definition) is 3. The Balaban J connectivity index is 1.84. The van der Waals surface area contributed by atoms with Crippen molar-refractivity contribution in [3.05, 3.63) is 47.0 Å². The Morgan fingerprint density at radius 1 is 0.956 bits per heavy atom. The Bertz CT molecular complexity index is 1420. The summed E-state index contributed by atoms with van der Waals surface area (Å²) in [5, 5.41) is 35.2. The Hall–Kier alpha value is -3.32. The molecular weight excluding hydrogens is 588 g/mol. The molecular formula is C33H42O12. The van der Waals surface area contributed by atoms with Gasteiger partial charge in [-0.25, -0.2) is 4.79 Å². The van der Waals surface area contributed by atoms with Crippen molar-refractivity contribution < 1.29 is 58.2 Å². The molecule has 2 saturated carbocycles. The molecule has 12 heteroatoms. The van der Waals surface area contributed by atoms with Crippen LogP contribution in [-0.4, -0.2) is 93.6 Å². The average Bonchev–Trinajstić information content (AvgIpc) is 3.43. The number of aliphatic hydroxyl groups is 3. The van der Waals surface area contributed by atoms with Crippen molar-refractivity contribution in [2.75, 3.05) is 6.61 Å². The van der Waals surface area contributed by atoms with E-state index < -0.39 is 88.5 Å². The third-order valence-corrected chi connectivity index (χ3v) is 10.6.